The Balaban J connectivity index is 2.76. The molecular formula is C13H20N2O3S2. The van der Waals surface area contributed by atoms with Crippen molar-refractivity contribution in [3.05, 3.63) is 35.4 Å². The number of nitrogens with two attached hydrogens (primary N) is 1. The summed E-state index contributed by atoms with van der Waals surface area (Å²) in [5.41, 5.74) is 6.28. The smallest absolute Gasteiger partial charge is 0.215 e. The zero-order valence-electron chi connectivity index (χ0n) is 11.8. The van der Waals surface area contributed by atoms with E-state index in [1.165, 1.54) is 0 Å². The second-order valence-corrected chi connectivity index (χ2v) is 7.36. The highest BCUT2D eigenvalue weighted by molar-refractivity contribution is 7.88. The fraction of sp³-hybridized carbons (Fsp3) is 0.462. The summed E-state index contributed by atoms with van der Waals surface area (Å²) in [6.07, 6.45) is 0. The van der Waals surface area contributed by atoms with Gasteiger partial charge in [0, 0.05) is 19.2 Å². The van der Waals surface area contributed by atoms with Gasteiger partial charge in [0.25, 0.3) is 0 Å². The molecule has 0 fully saturated rings. The van der Waals surface area contributed by atoms with Gasteiger partial charge in [0.15, 0.2) is 0 Å². The van der Waals surface area contributed by atoms with Crippen LogP contribution in [0.4, 0.5) is 0 Å². The number of thiocarbonyl (C=S) groups is 1. The topological polar surface area (TPSA) is 81.4 Å². The van der Waals surface area contributed by atoms with Crippen molar-refractivity contribution in [3.8, 4) is 0 Å². The van der Waals surface area contributed by atoms with Crippen LogP contribution < -0.4 is 10.5 Å². The molecule has 0 atom stereocenters. The molecule has 112 valence electrons. The van der Waals surface area contributed by atoms with E-state index in [0.717, 1.165) is 0 Å². The minimum absolute atomic E-state index is 0.122. The van der Waals surface area contributed by atoms with Crippen LogP contribution in [0, 0.1) is 0 Å². The highest BCUT2D eigenvalue weighted by atomic mass is 32.2. The summed E-state index contributed by atoms with van der Waals surface area (Å²) in [6.45, 7) is 3.83. The number of sulfonamides is 1. The van der Waals surface area contributed by atoms with Crippen LogP contribution in [0.2, 0.25) is 0 Å². The monoisotopic (exact) mass is 316 g/mol. The van der Waals surface area contributed by atoms with Crippen molar-refractivity contribution >= 4 is 27.2 Å². The minimum atomic E-state index is -3.43. The number of hydrogen-bond donors (Lipinski definition) is 2. The summed E-state index contributed by atoms with van der Waals surface area (Å²) in [4.78, 5) is 0.248. The summed E-state index contributed by atoms with van der Waals surface area (Å²) in [5, 5.41) is 0. The van der Waals surface area contributed by atoms with Gasteiger partial charge in [-0.3, -0.25) is 0 Å². The highest BCUT2D eigenvalue weighted by Gasteiger charge is 2.20. The minimum Gasteiger partial charge on any atom is -0.389 e. The van der Waals surface area contributed by atoms with Crippen LogP contribution in [0.1, 0.15) is 25.0 Å². The first-order valence-electron chi connectivity index (χ1n) is 6.06. The first-order chi connectivity index (χ1) is 9.15. The first-order valence-corrected chi connectivity index (χ1v) is 8.12. The van der Waals surface area contributed by atoms with Gasteiger partial charge in [-0.05, 0) is 25.5 Å². The Labute approximate surface area is 125 Å². The molecule has 0 radical (unpaired) electrons. The lowest BCUT2D eigenvalue weighted by atomic mass is 10.1. The van der Waals surface area contributed by atoms with E-state index in [1.807, 2.05) is 13.8 Å². The Hall–Kier alpha value is -1.02. The summed E-state index contributed by atoms with van der Waals surface area (Å²) in [6, 6.07) is 6.89. The average molecular weight is 316 g/mol. The number of methoxy groups -OCH3 is 1. The van der Waals surface area contributed by atoms with E-state index in [2.05, 4.69) is 4.72 Å². The molecule has 5 nitrogen and oxygen atoms in total. The lowest BCUT2D eigenvalue weighted by molar-refractivity contribution is 0.0276. The van der Waals surface area contributed by atoms with Crippen LogP contribution in [-0.4, -0.2) is 32.7 Å². The number of ether oxygens (including phenoxy) is 1. The second-order valence-electron chi connectivity index (χ2n) is 5.11. The predicted molar refractivity (Wildman–Crippen MR) is 84.0 cm³/mol. The molecule has 0 aliphatic carbocycles. The van der Waals surface area contributed by atoms with Crippen LogP contribution in [0.3, 0.4) is 0 Å². The zero-order chi connectivity index (χ0) is 15.4. The van der Waals surface area contributed by atoms with Crippen molar-refractivity contribution < 1.29 is 13.2 Å². The molecular weight excluding hydrogens is 296 g/mol. The molecule has 3 N–H and O–H groups in total. The highest BCUT2D eigenvalue weighted by Crippen LogP contribution is 2.10. The Bertz CT molecular complexity index is 583. The molecule has 0 aromatic heterocycles. The quantitative estimate of drug-likeness (QED) is 0.738. The van der Waals surface area contributed by atoms with Crippen molar-refractivity contribution in [3.63, 3.8) is 0 Å². The molecule has 1 aromatic rings. The van der Waals surface area contributed by atoms with Crippen LogP contribution >= 0.6 is 12.2 Å². The maximum Gasteiger partial charge on any atom is 0.215 e. The third-order valence-electron chi connectivity index (χ3n) is 2.84. The van der Waals surface area contributed by atoms with E-state index in [-0.39, 0.29) is 17.3 Å². The van der Waals surface area contributed by atoms with E-state index in [9.17, 15) is 8.42 Å². The van der Waals surface area contributed by atoms with Crippen LogP contribution in [0.25, 0.3) is 0 Å². The molecule has 0 unspecified atom stereocenters. The molecule has 1 rings (SSSR count). The van der Waals surface area contributed by atoms with Gasteiger partial charge in [-0.15, -0.1) is 0 Å². The molecule has 20 heavy (non-hydrogen) atoms. The molecule has 0 spiro atoms. The van der Waals surface area contributed by atoms with Crippen molar-refractivity contribution in [2.24, 2.45) is 5.73 Å². The standard InChI is InChI=1S/C13H20N2O3S2/c1-13(2,18-3)9-15-20(16,17)8-10-5-4-6-11(7-10)12(14)19/h4-7,15H,8-9H2,1-3H3,(H2,14,19). The Kier molecular flexibility index (Phi) is 5.64. The van der Waals surface area contributed by atoms with Gasteiger partial charge in [0.1, 0.15) is 4.99 Å². The van der Waals surface area contributed by atoms with Gasteiger partial charge in [-0.2, -0.15) is 0 Å². The van der Waals surface area contributed by atoms with Crippen LogP contribution in [0.5, 0.6) is 0 Å². The van der Waals surface area contributed by atoms with E-state index in [0.29, 0.717) is 11.1 Å². The van der Waals surface area contributed by atoms with Gasteiger partial charge >= 0.3 is 0 Å². The van der Waals surface area contributed by atoms with Gasteiger partial charge < -0.3 is 10.5 Å². The molecule has 0 heterocycles. The lowest BCUT2D eigenvalue weighted by Gasteiger charge is -2.23. The van der Waals surface area contributed by atoms with E-state index in [4.69, 9.17) is 22.7 Å². The molecule has 1 aromatic carbocycles. The van der Waals surface area contributed by atoms with Gasteiger partial charge in [0.05, 0.1) is 11.4 Å². The van der Waals surface area contributed by atoms with Gasteiger partial charge in [-0.25, -0.2) is 13.1 Å². The summed E-state index contributed by atoms with van der Waals surface area (Å²) in [5.74, 6) is -0.122. The molecule has 0 amide bonds. The largest absolute Gasteiger partial charge is 0.389 e. The van der Waals surface area contributed by atoms with E-state index < -0.39 is 15.6 Å². The number of hydrogen-bond acceptors (Lipinski definition) is 4. The van der Waals surface area contributed by atoms with Crippen LogP contribution in [-0.2, 0) is 20.5 Å². The summed E-state index contributed by atoms with van der Waals surface area (Å²) in [7, 11) is -1.89. The lowest BCUT2D eigenvalue weighted by Crippen LogP contribution is -2.40. The van der Waals surface area contributed by atoms with E-state index >= 15 is 0 Å². The molecule has 0 aliphatic rings. The fourth-order valence-electron chi connectivity index (χ4n) is 1.44. The summed E-state index contributed by atoms with van der Waals surface area (Å²) >= 11 is 4.87. The van der Waals surface area contributed by atoms with E-state index in [1.54, 1.807) is 31.4 Å². The molecule has 0 aliphatic heterocycles. The molecule has 0 saturated carbocycles. The number of benzene rings is 1. The summed E-state index contributed by atoms with van der Waals surface area (Å²) < 4.78 is 31.7. The Morgan fingerprint density at radius 3 is 2.65 bits per heavy atom. The number of nitrogens with one attached hydrogen (secondary N) is 1. The predicted octanol–water partition coefficient (Wildman–Crippen LogP) is 1.17. The fourth-order valence-corrected chi connectivity index (χ4v) is 2.86. The first kappa shape index (κ1) is 17.0. The Morgan fingerprint density at radius 2 is 2.10 bits per heavy atom. The molecule has 7 heteroatoms. The van der Waals surface area contributed by atoms with Crippen LogP contribution in [0.15, 0.2) is 24.3 Å². The third kappa shape index (κ3) is 5.54. The molecule has 0 bridgehead atoms. The van der Waals surface area contributed by atoms with Crippen molar-refractivity contribution in [2.45, 2.75) is 25.2 Å². The molecule has 0 saturated heterocycles. The second kappa shape index (κ2) is 6.62. The normalized spacial score (nSPS) is 12.3. The maximum absolute atomic E-state index is 12.0. The zero-order valence-corrected chi connectivity index (χ0v) is 13.5. The van der Waals surface area contributed by atoms with Gasteiger partial charge in [-0.1, -0.05) is 30.4 Å². The third-order valence-corrected chi connectivity index (χ3v) is 4.37. The maximum atomic E-state index is 12.0. The van der Waals surface area contributed by atoms with Crippen molar-refractivity contribution in [1.82, 2.24) is 4.72 Å². The van der Waals surface area contributed by atoms with Crippen molar-refractivity contribution in [2.75, 3.05) is 13.7 Å². The Morgan fingerprint density at radius 1 is 1.45 bits per heavy atom. The SMILES string of the molecule is COC(C)(C)CNS(=O)(=O)Cc1cccc(C(N)=S)c1. The van der Waals surface area contributed by atoms with Crippen molar-refractivity contribution in [1.29, 1.82) is 0 Å². The van der Waals surface area contributed by atoms with Gasteiger partial charge in [0.2, 0.25) is 10.0 Å². The average Bonchev–Trinajstić information content (AvgIpc) is 2.36. The number of rotatable bonds is 7.